The fraction of sp³-hybridized carbons (Fsp3) is 0.611. The Bertz CT molecular complexity index is 464. The summed E-state index contributed by atoms with van der Waals surface area (Å²) < 4.78 is 5.60. The minimum absolute atomic E-state index is 0. The van der Waals surface area contributed by atoms with Crippen molar-refractivity contribution in [3.05, 3.63) is 35.4 Å². The van der Waals surface area contributed by atoms with E-state index in [0.29, 0.717) is 17.6 Å². The molecule has 3 unspecified atom stereocenters. The van der Waals surface area contributed by atoms with E-state index >= 15 is 0 Å². The van der Waals surface area contributed by atoms with Crippen molar-refractivity contribution in [3.8, 4) is 0 Å². The number of hydrogen-bond donors (Lipinski definition) is 0. The van der Waals surface area contributed by atoms with Gasteiger partial charge in [0.2, 0.25) is 0 Å². The molecule has 0 amide bonds. The number of nitrogens with zero attached hydrogens (tertiary/aromatic N) is 1. The molecule has 0 bridgehead atoms. The molecule has 0 aliphatic carbocycles. The first-order valence-electron chi connectivity index (χ1n) is 8.00. The van der Waals surface area contributed by atoms with E-state index in [4.69, 9.17) is 4.74 Å². The van der Waals surface area contributed by atoms with E-state index in [1.807, 2.05) is 38.1 Å². The van der Waals surface area contributed by atoms with E-state index in [-0.39, 0.29) is 24.5 Å². The van der Waals surface area contributed by atoms with Gasteiger partial charge in [-0.15, -0.1) is 12.4 Å². The summed E-state index contributed by atoms with van der Waals surface area (Å²) in [6, 6.07) is 8.70. The zero-order chi connectivity index (χ0) is 15.4. The van der Waals surface area contributed by atoms with Crippen molar-refractivity contribution in [1.82, 2.24) is 4.90 Å². The molecule has 1 fully saturated rings. The van der Waals surface area contributed by atoms with E-state index in [9.17, 15) is 4.79 Å². The highest BCUT2D eigenvalue weighted by Gasteiger charge is 2.26. The summed E-state index contributed by atoms with van der Waals surface area (Å²) in [5.41, 5.74) is 1.78. The maximum atomic E-state index is 12.1. The molecule has 0 radical (unpaired) electrons. The van der Waals surface area contributed by atoms with Crippen molar-refractivity contribution in [2.24, 2.45) is 0 Å². The number of ether oxygens (including phenoxy) is 1. The molecule has 22 heavy (non-hydrogen) atoms. The second kappa shape index (κ2) is 8.54. The summed E-state index contributed by atoms with van der Waals surface area (Å²) >= 11 is 0. The number of rotatable bonds is 4. The lowest BCUT2D eigenvalue weighted by Gasteiger charge is -2.40. The zero-order valence-electron chi connectivity index (χ0n) is 14.0. The molecular weight excluding hydrogens is 298 g/mol. The molecule has 3 atom stereocenters. The van der Waals surface area contributed by atoms with Crippen LogP contribution in [0.2, 0.25) is 0 Å². The van der Waals surface area contributed by atoms with Crippen LogP contribution in [0.1, 0.15) is 56.0 Å². The van der Waals surface area contributed by atoms with Crippen LogP contribution in [0.25, 0.3) is 0 Å². The molecule has 1 aliphatic heterocycles. The number of carbonyl (C=O) groups excluding carboxylic acids is 1. The van der Waals surface area contributed by atoms with E-state index in [0.717, 1.165) is 12.1 Å². The van der Waals surface area contributed by atoms with Gasteiger partial charge in [-0.1, -0.05) is 24.1 Å². The van der Waals surface area contributed by atoms with Crippen molar-refractivity contribution in [3.63, 3.8) is 0 Å². The van der Waals surface area contributed by atoms with Gasteiger partial charge in [-0.25, -0.2) is 4.79 Å². The third-order valence-electron chi connectivity index (χ3n) is 4.44. The Kier molecular flexibility index (Phi) is 7.37. The minimum atomic E-state index is -0.222. The zero-order valence-corrected chi connectivity index (χ0v) is 14.9. The molecule has 1 aliphatic rings. The number of hydrogen-bond acceptors (Lipinski definition) is 3. The van der Waals surface area contributed by atoms with Crippen molar-refractivity contribution in [2.75, 3.05) is 6.54 Å². The topological polar surface area (TPSA) is 29.5 Å². The SMILES string of the molecule is Cc1ccc(C(=O)OC(C)CN2C(C)CCCC2C)cc1.Cl. The van der Waals surface area contributed by atoms with Gasteiger partial charge in [0, 0.05) is 18.6 Å². The Morgan fingerprint density at radius 2 is 1.77 bits per heavy atom. The lowest BCUT2D eigenvalue weighted by atomic mass is 9.97. The largest absolute Gasteiger partial charge is 0.458 e. The monoisotopic (exact) mass is 325 g/mol. The quantitative estimate of drug-likeness (QED) is 0.776. The van der Waals surface area contributed by atoms with Crippen molar-refractivity contribution < 1.29 is 9.53 Å². The first kappa shape index (κ1) is 19.0. The molecular formula is C18H28ClNO2. The fourth-order valence-corrected chi connectivity index (χ4v) is 3.11. The molecule has 1 saturated heterocycles. The molecule has 1 aromatic carbocycles. The van der Waals surface area contributed by atoms with Crippen molar-refractivity contribution in [1.29, 1.82) is 0 Å². The molecule has 2 rings (SSSR count). The predicted octanol–water partition coefficient (Wildman–Crippen LogP) is 4.23. The lowest BCUT2D eigenvalue weighted by molar-refractivity contribution is 0.00812. The van der Waals surface area contributed by atoms with Crippen LogP contribution in [0.15, 0.2) is 24.3 Å². The molecule has 0 spiro atoms. The van der Waals surface area contributed by atoms with E-state index < -0.39 is 0 Å². The van der Waals surface area contributed by atoms with Crippen LogP contribution in [-0.2, 0) is 4.74 Å². The van der Waals surface area contributed by atoms with Crippen LogP contribution >= 0.6 is 12.4 Å². The van der Waals surface area contributed by atoms with Gasteiger partial charge in [-0.05, 0) is 52.7 Å². The van der Waals surface area contributed by atoms with Crippen LogP contribution in [0, 0.1) is 6.92 Å². The molecule has 0 aromatic heterocycles. The summed E-state index contributed by atoms with van der Waals surface area (Å²) in [7, 11) is 0. The lowest BCUT2D eigenvalue weighted by Crippen LogP contribution is -2.47. The maximum absolute atomic E-state index is 12.1. The number of aryl methyl sites for hydroxylation is 1. The second-order valence-corrected chi connectivity index (χ2v) is 6.41. The molecule has 4 heteroatoms. The van der Waals surface area contributed by atoms with E-state index in [1.165, 1.54) is 19.3 Å². The highest BCUT2D eigenvalue weighted by molar-refractivity contribution is 5.89. The van der Waals surface area contributed by atoms with Crippen LogP contribution in [-0.4, -0.2) is 35.6 Å². The highest BCUT2D eigenvalue weighted by atomic mass is 35.5. The molecule has 0 N–H and O–H groups in total. The van der Waals surface area contributed by atoms with Crippen LogP contribution in [0.3, 0.4) is 0 Å². The van der Waals surface area contributed by atoms with E-state index in [1.54, 1.807) is 0 Å². The molecule has 1 heterocycles. The summed E-state index contributed by atoms with van der Waals surface area (Å²) in [5.74, 6) is -0.222. The average molecular weight is 326 g/mol. The third-order valence-corrected chi connectivity index (χ3v) is 4.44. The number of piperidine rings is 1. The number of halogens is 1. The van der Waals surface area contributed by atoms with Crippen LogP contribution < -0.4 is 0 Å². The van der Waals surface area contributed by atoms with Crippen LogP contribution in [0.5, 0.6) is 0 Å². The minimum Gasteiger partial charge on any atom is -0.458 e. The Balaban J connectivity index is 0.00000242. The van der Waals surface area contributed by atoms with Crippen LogP contribution in [0.4, 0.5) is 0 Å². The highest BCUT2D eigenvalue weighted by Crippen LogP contribution is 2.23. The summed E-state index contributed by atoms with van der Waals surface area (Å²) in [6.07, 6.45) is 3.70. The number of esters is 1. The number of carbonyl (C=O) groups is 1. The van der Waals surface area contributed by atoms with Crippen molar-refractivity contribution in [2.45, 2.75) is 65.1 Å². The Morgan fingerprint density at radius 1 is 1.23 bits per heavy atom. The normalized spacial score (nSPS) is 23.5. The summed E-state index contributed by atoms with van der Waals surface area (Å²) in [6.45, 7) is 9.35. The molecule has 124 valence electrons. The van der Waals surface area contributed by atoms with Gasteiger partial charge >= 0.3 is 5.97 Å². The van der Waals surface area contributed by atoms with Gasteiger partial charge in [-0.3, -0.25) is 4.90 Å². The first-order valence-corrected chi connectivity index (χ1v) is 8.00. The molecule has 0 saturated carbocycles. The van der Waals surface area contributed by atoms with Gasteiger partial charge in [0.25, 0.3) is 0 Å². The summed E-state index contributed by atoms with van der Waals surface area (Å²) in [5, 5.41) is 0. The maximum Gasteiger partial charge on any atom is 0.338 e. The van der Waals surface area contributed by atoms with E-state index in [2.05, 4.69) is 18.7 Å². The third kappa shape index (κ3) is 4.99. The standard InChI is InChI=1S/C18H27NO2.ClH/c1-13-8-10-17(11-9-13)18(20)21-16(4)12-19-14(2)6-5-7-15(19)3;/h8-11,14-16H,5-7,12H2,1-4H3;1H. The van der Waals surface area contributed by atoms with Gasteiger partial charge in [0.1, 0.15) is 6.10 Å². The van der Waals surface area contributed by atoms with Crippen molar-refractivity contribution >= 4 is 18.4 Å². The number of benzene rings is 1. The average Bonchev–Trinajstić information content (AvgIpc) is 2.43. The number of likely N-dealkylation sites (tertiary alicyclic amines) is 1. The van der Waals surface area contributed by atoms with Gasteiger partial charge in [-0.2, -0.15) is 0 Å². The predicted molar refractivity (Wildman–Crippen MR) is 92.8 cm³/mol. The smallest absolute Gasteiger partial charge is 0.338 e. The fourth-order valence-electron chi connectivity index (χ4n) is 3.11. The molecule has 3 nitrogen and oxygen atoms in total. The Labute approximate surface area is 140 Å². The van der Waals surface area contributed by atoms with Gasteiger partial charge in [0.15, 0.2) is 0 Å². The van der Waals surface area contributed by atoms with Gasteiger partial charge < -0.3 is 4.74 Å². The first-order chi connectivity index (χ1) is 9.97. The second-order valence-electron chi connectivity index (χ2n) is 6.41. The Hall–Kier alpha value is -1.06. The molecule has 1 aromatic rings. The Morgan fingerprint density at radius 3 is 2.32 bits per heavy atom. The van der Waals surface area contributed by atoms with Gasteiger partial charge in [0.05, 0.1) is 5.56 Å². The summed E-state index contributed by atoms with van der Waals surface area (Å²) in [4.78, 5) is 14.6.